The number of carboxylic acid groups (broad SMARTS) is 1. The predicted molar refractivity (Wildman–Crippen MR) is 34.2 cm³/mol. The molecule has 1 fully saturated rings. The Balaban J connectivity index is 2.92. The largest absolute Gasteiger partial charge is 0.464 e. The number of hydrogen-bond donors (Lipinski definition) is 1. The maximum absolute atomic E-state index is 10.7. The summed E-state index contributed by atoms with van der Waals surface area (Å²) in [6.07, 6.45) is -2.09. The molecular weight excluding hydrogens is 174 g/mol. The van der Waals surface area contributed by atoms with Gasteiger partial charge in [-0.2, -0.15) is 12.7 Å². The summed E-state index contributed by atoms with van der Waals surface area (Å²) in [5, 5.41) is 8.33. The smallest absolute Gasteiger partial charge is 0.422 e. The highest BCUT2D eigenvalue weighted by Crippen LogP contribution is 2.16. The summed E-state index contributed by atoms with van der Waals surface area (Å²) in [6, 6.07) is 0. The highest BCUT2D eigenvalue weighted by molar-refractivity contribution is 7.85. The Hall–Kier alpha value is -0.820. The first-order chi connectivity index (χ1) is 4.93. The molecule has 0 unspecified atom stereocenters. The second-order valence-electron chi connectivity index (χ2n) is 2.18. The van der Waals surface area contributed by atoms with Crippen LogP contribution >= 0.6 is 0 Å². The van der Waals surface area contributed by atoms with Crippen LogP contribution in [0, 0.1) is 0 Å². The molecule has 1 aliphatic rings. The van der Waals surface area contributed by atoms with Gasteiger partial charge in [0.15, 0.2) is 0 Å². The second kappa shape index (κ2) is 2.35. The number of rotatable bonds is 0. The monoisotopic (exact) mass is 181 g/mol. The lowest BCUT2D eigenvalue weighted by atomic mass is 10.4. The summed E-state index contributed by atoms with van der Waals surface area (Å²) in [7, 11) is -4.00. The lowest BCUT2D eigenvalue weighted by Gasteiger charge is -2.05. The van der Waals surface area contributed by atoms with Crippen LogP contribution < -0.4 is 0 Å². The van der Waals surface area contributed by atoms with Crippen molar-refractivity contribution in [1.29, 1.82) is 0 Å². The molecule has 0 aromatic heterocycles. The minimum absolute atomic E-state index is 0.127. The third-order valence-corrected chi connectivity index (χ3v) is 2.61. The summed E-state index contributed by atoms with van der Waals surface area (Å²) in [5.41, 5.74) is 0. The van der Waals surface area contributed by atoms with Gasteiger partial charge in [-0.15, -0.1) is 0 Å². The van der Waals surface area contributed by atoms with E-state index in [1.54, 1.807) is 0 Å². The van der Waals surface area contributed by atoms with Crippen molar-refractivity contribution in [3.8, 4) is 0 Å². The molecule has 0 spiro atoms. The Morgan fingerprint density at radius 2 is 2.27 bits per heavy atom. The van der Waals surface area contributed by atoms with Gasteiger partial charge in [0, 0.05) is 0 Å². The highest BCUT2D eigenvalue weighted by Gasteiger charge is 2.38. The van der Waals surface area contributed by atoms with Crippen LogP contribution in [0.15, 0.2) is 0 Å². The third-order valence-electron chi connectivity index (χ3n) is 1.19. The van der Waals surface area contributed by atoms with Gasteiger partial charge in [-0.3, -0.25) is 0 Å². The lowest BCUT2D eigenvalue weighted by Crippen LogP contribution is -2.31. The highest BCUT2D eigenvalue weighted by atomic mass is 32.2. The van der Waals surface area contributed by atoms with Gasteiger partial charge in [-0.1, -0.05) is 0 Å². The molecule has 1 amide bonds. The van der Waals surface area contributed by atoms with E-state index < -0.39 is 22.5 Å². The van der Waals surface area contributed by atoms with Crippen LogP contribution in [0.2, 0.25) is 0 Å². The van der Waals surface area contributed by atoms with Gasteiger partial charge >= 0.3 is 16.4 Å². The van der Waals surface area contributed by atoms with Gasteiger partial charge in [-0.25, -0.2) is 8.98 Å². The van der Waals surface area contributed by atoms with E-state index in [4.69, 9.17) is 5.11 Å². The average molecular weight is 181 g/mol. The quantitative estimate of drug-likeness (QED) is 0.551. The van der Waals surface area contributed by atoms with E-state index in [1.807, 2.05) is 0 Å². The summed E-state index contributed by atoms with van der Waals surface area (Å²) in [6.45, 7) is 1.36. The summed E-state index contributed by atoms with van der Waals surface area (Å²) in [5.74, 6) is 0. The zero-order chi connectivity index (χ0) is 8.65. The van der Waals surface area contributed by atoms with Crippen molar-refractivity contribution in [3.05, 3.63) is 0 Å². The van der Waals surface area contributed by atoms with Gasteiger partial charge in [0.1, 0.15) is 0 Å². The van der Waals surface area contributed by atoms with Gasteiger partial charge in [0.25, 0.3) is 0 Å². The van der Waals surface area contributed by atoms with Crippen molar-refractivity contribution in [2.24, 2.45) is 0 Å². The first-order valence-electron chi connectivity index (χ1n) is 2.87. The van der Waals surface area contributed by atoms with Gasteiger partial charge in [0.2, 0.25) is 0 Å². The molecule has 0 radical (unpaired) electrons. The molecule has 0 saturated carbocycles. The Morgan fingerprint density at radius 1 is 1.73 bits per heavy atom. The fourth-order valence-corrected chi connectivity index (χ4v) is 1.95. The molecule has 0 aliphatic carbocycles. The predicted octanol–water partition coefficient (Wildman–Crippen LogP) is -0.370. The van der Waals surface area contributed by atoms with E-state index in [0.717, 1.165) is 0 Å². The van der Waals surface area contributed by atoms with E-state index in [9.17, 15) is 13.2 Å². The molecule has 0 aromatic carbocycles. The Bertz CT molecular complexity index is 270. The van der Waals surface area contributed by atoms with Crippen LogP contribution in [0.5, 0.6) is 0 Å². The van der Waals surface area contributed by atoms with Crippen molar-refractivity contribution < 1.29 is 22.5 Å². The van der Waals surface area contributed by atoms with Crippen molar-refractivity contribution in [1.82, 2.24) is 4.31 Å². The molecule has 1 N–H and O–H groups in total. The van der Waals surface area contributed by atoms with Gasteiger partial charge < -0.3 is 5.11 Å². The first kappa shape index (κ1) is 8.28. The maximum Gasteiger partial charge on any atom is 0.422 e. The zero-order valence-electron chi connectivity index (χ0n) is 5.72. The van der Waals surface area contributed by atoms with Crippen molar-refractivity contribution in [2.75, 3.05) is 6.54 Å². The summed E-state index contributed by atoms with van der Waals surface area (Å²) >= 11 is 0. The maximum atomic E-state index is 10.7. The lowest BCUT2D eigenvalue weighted by molar-refractivity contribution is 0.173. The molecule has 0 bridgehead atoms. The van der Waals surface area contributed by atoms with Gasteiger partial charge in [-0.05, 0) is 6.92 Å². The van der Waals surface area contributed by atoms with E-state index in [-0.39, 0.29) is 10.8 Å². The fourth-order valence-electron chi connectivity index (χ4n) is 0.789. The van der Waals surface area contributed by atoms with E-state index in [0.29, 0.717) is 0 Å². The van der Waals surface area contributed by atoms with Crippen LogP contribution in [0.3, 0.4) is 0 Å². The van der Waals surface area contributed by atoms with E-state index in [1.165, 1.54) is 6.92 Å². The van der Waals surface area contributed by atoms with Crippen LogP contribution in [0.25, 0.3) is 0 Å². The summed E-state index contributed by atoms with van der Waals surface area (Å²) < 4.78 is 26.1. The average Bonchev–Trinajstić information content (AvgIpc) is 2.04. The molecule has 1 heterocycles. The number of carbonyl (C=O) groups is 1. The second-order valence-corrected chi connectivity index (χ2v) is 3.67. The molecule has 6 nitrogen and oxygen atoms in total. The molecule has 64 valence electrons. The standard InChI is InChI=1S/C4H7NO5S/c1-3-2-5(4(6)7)11(8,9)10-3/h3H,2H2,1H3,(H,6,7)/t3-/m0/s1. The molecule has 1 aliphatic heterocycles. The minimum atomic E-state index is -4.00. The normalized spacial score (nSPS) is 28.8. The Morgan fingerprint density at radius 3 is 2.45 bits per heavy atom. The van der Waals surface area contributed by atoms with Crippen LogP contribution in [0.1, 0.15) is 6.92 Å². The SMILES string of the molecule is C[C@H]1CN(C(=O)O)S(=O)(=O)O1. The van der Waals surface area contributed by atoms with Crippen LogP contribution in [-0.2, 0) is 14.5 Å². The summed E-state index contributed by atoms with van der Waals surface area (Å²) in [4.78, 5) is 10.2. The molecule has 1 atom stereocenters. The fraction of sp³-hybridized carbons (Fsp3) is 0.750. The molecular formula is C4H7NO5S. The Kier molecular flexibility index (Phi) is 1.77. The molecule has 11 heavy (non-hydrogen) atoms. The molecule has 0 aromatic rings. The Labute approximate surface area is 63.6 Å². The number of nitrogens with zero attached hydrogens (tertiary/aromatic N) is 1. The molecule has 1 saturated heterocycles. The van der Waals surface area contributed by atoms with Crippen molar-refractivity contribution in [3.63, 3.8) is 0 Å². The van der Waals surface area contributed by atoms with Crippen molar-refractivity contribution in [2.45, 2.75) is 13.0 Å². The number of amides is 1. The van der Waals surface area contributed by atoms with Crippen LogP contribution in [-0.4, -0.2) is 36.6 Å². The minimum Gasteiger partial charge on any atom is -0.464 e. The van der Waals surface area contributed by atoms with Gasteiger partial charge in [0.05, 0.1) is 12.6 Å². The molecule has 7 heteroatoms. The van der Waals surface area contributed by atoms with Crippen LogP contribution in [0.4, 0.5) is 4.79 Å². The third kappa shape index (κ3) is 1.43. The van der Waals surface area contributed by atoms with Crippen molar-refractivity contribution >= 4 is 16.4 Å². The molecule has 1 rings (SSSR count). The van der Waals surface area contributed by atoms with E-state index in [2.05, 4.69) is 4.18 Å². The topological polar surface area (TPSA) is 83.9 Å². The van der Waals surface area contributed by atoms with E-state index >= 15 is 0 Å². The first-order valence-corrected chi connectivity index (χ1v) is 4.24. The zero-order valence-corrected chi connectivity index (χ0v) is 6.54. The number of hydrogen-bond acceptors (Lipinski definition) is 4.